The van der Waals surface area contributed by atoms with Crippen LogP contribution in [0.5, 0.6) is 0 Å². The van der Waals surface area contributed by atoms with Crippen LogP contribution in [0.25, 0.3) is 11.1 Å². The number of nitro groups is 1. The summed E-state index contributed by atoms with van der Waals surface area (Å²) in [4.78, 5) is 27.2. The number of rotatable bonds is 4. The predicted octanol–water partition coefficient (Wildman–Crippen LogP) is 4.40. The van der Waals surface area contributed by atoms with E-state index in [1.54, 1.807) is 0 Å². The second-order valence-corrected chi connectivity index (χ2v) is 6.16. The Hall–Kier alpha value is -4.05. The monoisotopic (exact) mass is 372 g/mol. The van der Waals surface area contributed by atoms with Gasteiger partial charge in [0.2, 0.25) is 0 Å². The number of nitriles is 1. The molecule has 1 N–H and O–H groups in total. The zero-order valence-electron chi connectivity index (χ0n) is 15.3. The van der Waals surface area contributed by atoms with Crippen molar-refractivity contribution in [2.45, 2.75) is 13.8 Å². The lowest BCUT2D eigenvalue weighted by Crippen LogP contribution is -2.15. The lowest BCUT2D eigenvalue weighted by molar-refractivity contribution is -0.384. The summed E-state index contributed by atoms with van der Waals surface area (Å²) in [6.07, 6.45) is 0. The maximum absolute atomic E-state index is 12.6. The minimum absolute atomic E-state index is 0.107. The lowest BCUT2D eigenvalue weighted by atomic mass is 9.95. The number of aromatic nitrogens is 1. The van der Waals surface area contributed by atoms with Crippen molar-refractivity contribution in [1.29, 1.82) is 5.26 Å². The van der Waals surface area contributed by atoms with Gasteiger partial charge >= 0.3 is 0 Å². The summed E-state index contributed by atoms with van der Waals surface area (Å²) in [6, 6.07) is 16.8. The number of carbonyl (C=O) groups excluding carboxylic acids is 1. The molecule has 3 aromatic rings. The molecule has 0 spiro atoms. The van der Waals surface area contributed by atoms with Crippen molar-refractivity contribution < 1.29 is 9.72 Å². The molecule has 138 valence electrons. The quantitative estimate of drug-likeness (QED) is 0.539. The molecule has 7 heteroatoms. The molecule has 0 atom stereocenters. The van der Waals surface area contributed by atoms with Crippen LogP contribution in [-0.4, -0.2) is 15.8 Å². The van der Waals surface area contributed by atoms with Gasteiger partial charge in [-0.25, -0.2) is 4.98 Å². The largest absolute Gasteiger partial charge is 0.305 e. The van der Waals surface area contributed by atoms with Crippen LogP contribution in [0.2, 0.25) is 0 Å². The van der Waals surface area contributed by atoms with Crippen molar-refractivity contribution in [3.63, 3.8) is 0 Å². The number of carbonyl (C=O) groups is 1. The number of hydrogen-bond acceptors (Lipinski definition) is 5. The first-order valence-electron chi connectivity index (χ1n) is 8.45. The first-order chi connectivity index (χ1) is 13.4. The molecule has 7 nitrogen and oxygen atoms in total. The van der Waals surface area contributed by atoms with Gasteiger partial charge in [-0.05, 0) is 37.1 Å². The first-order valence-corrected chi connectivity index (χ1v) is 8.45. The van der Waals surface area contributed by atoms with E-state index >= 15 is 0 Å². The third kappa shape index (κ3) is 3.57. The van der Waals surface area contributed by atoms with E-state index in [2.05, 4.69) is 16.4 Å². The summed E-state index contributed by atoms with van der Waals surface area (Å²) in [5.41, 5.74) is 3.51. The third-order valence-corrected chi connectivity index (χ3v) is 4.43. The van der Waals surface area contributed by atoms with Crippen LogP contribution in [0, 0.1) is 35.3 Å². The molecule has 1 heterocycles. The molecular formula is C21H16N4O3. The van der Waals surface area contributed by atoms with Gasteiger partial charge in [0.1, 0.15) is 11.6 Å². The van der Waals surface area contributed by atoms with Crippen molar-refractivity contribution in [1.82, 2.24) is 4.98 Å². The van der Waals surface area contributed by atoms with Crippen molar-refractivity contribution in [3.8, 4) is 17.2 Å². The smallest absolute Gasteiger partial charge is 0.269 e. The van der Waals surface area contributed by atoms with Gasteiger partial charge in [0.05, 0.1) is 4.92 Å². The maximum Gasteiger partial charge on any atom is 0.269 e. The first kappa shape index (κ1) is 18.7. The van der Waals surface area contributed by atoms with Crippen LogP contribution in [0.15, 0.2) is 54.6 Å². The summed E-state index contributed by atoms with van der Waals surface area (Å²) in [5.74, 6) is -0.339. The molecule has 1 aromatic heterocycles. The Balaban J connectivity index is 2.03. The molecule has 0 radical (unpaired) electrons. The molecule has 0 aliphatic carbocycles. The summed E-state index contributed by atoms with van der Waals surface area (Å²) in [6.45, 7) is 3.69. The molecule has 0 saturated heterocycles. The Labute approximate surface area is 161 Å². The topological polar surface area (TPSA) is 109 Å². The highest BCUT2D eigenvalue weighted by atomic mass is 16.6. The van der Waals surface area contributed by atoms with E-state index in [9.17, 15) is 20.2 Å². The van der Waals surface area contributed by atoms with Gasteiger partial charge in [-0.3, -0.25) is 14.9 Å². The normalized spacial score (nSPS) is 10.2. The molecular weight excluding hydrogens is 356 g/mol. The Morgan fingerprint density at radius 1 is 1.11 bits per heavy atom. The summed E-state index contributed by atoms with van der Waals surface area (Å²) >= 11 is 0. The second-order valence-electron chi connectivity index (χ2n) is 6.16. The van der Waals surface area contributed by atoms with Gasteiger partial charge in [0, 0.05) is 29.0 Å². The van der Waals surface area contributed by atoms with Crippen LogP contribution in [0.3, 0.4) is 0 Å². The molecule has 0 aliphatic rings. The van der Waals surface area contributed by atoms with Crippen molar-refractivity contribution >= 4 is 17.4 Å². The molecule has 28 heavy (non-hydrogen) atoms. The van der Waals surface area contributed by atoms with Gasteiger partial charge in [0.25, 0.3) is 11.6 Å². The van der Waals surface area contributed by atoms with E-state index in [1.165, 1.54) is 24.3 Å². The Kier molecular flexibility index (Phi) is 5.14. The molecule has 3 rings (SSSR count). The number of amides is 1. The van der Waals surface area contributed by atoms with Crippen molar-refractivity contribution in [2.24, 2.45) is 0 Å². The highest BCUT2D eigenvalue weighted by Gasteiger charge is 2.19. The van der Waals surface area contributed by atoms with Gasteiger partial charge < -0.3 is 5.32 Å². The SMILES string of the molecule is Cc1nc(NC(=O)c2ccc([N+](=O)[O-])cc2)c(C#N)c(-c2ccccc2)c1C. The van der Waals surface area contributed by atoms with Crippen LogP contribution in [0.1, 0.15) is 27.2 Å². The lowest BCUT2D eigenvalue weighted by Gasteiger charge is -2.15. The molecule has 0 aliphatic heterocycles. The van der Waals surface area contributed by atoms with Crippen LogP contribution >= 0.6 is 0 Å². The number of aryl methyl sites for hydroxylation is 1. The molecule has 0 bridgehead atoms. The fraction of sp³-hybridized carbons (Fsp3) is 0.0952. The van der Waals surface area contributed by atoms with Gasteiger partial charge in [0.15, 0.2) is 5.82 Å². The molecule has 0 saturated carbocycles. The van der Waals surface area contributed by atoms with Gasteiger partial charge in [-0.2, -0.15) is 5.26 Å². The van der Waals surface area contributed by atoms with E-state index in [-0.39, 0.29) is 22.6 Å². The zero-order chi connectivity index (χ0) is 20.3. The number of non-ortho nitro benzene ring substituents is 1. The second kappa shape index (κ2) is 7.68. The minimum atomic E-state index is -0.535. The number of pyridine rings is 1. The standard InChI is InChI=1S/C21H16N4O3/c1-13-14(2)23-20(18(12-22)19(13)15-6-4-3-5-7-15)24-21(26)16-8-10-17(11-9-16)25(27)28/h3-11H,1-2H3,(H,23,24,26). The minimum Gasteiger partial charge on any atom is -0.305 e. The number of nitrogens with zero attached hydrogens (tertiary/aromatic N) is 3. The number of hydrogen-bond donors (Lipinski definition) is 1. The van der Waals surface area contributed by atoms with Gasteiger partial charge in [-0.1, -0.05) is 30.3 Å². The van der Waals surface area contributed by atoms with Gasteiger partial charge in [-0.15, -0.1) is 0 Å². The van der Waals surface area contributed by atoms with E-state index in [1.807, 2.05) is 44.2 Å². The van der Waals surface area contributed by atoms with E-state index in [0.29, 0.717) is 5.69 Å². The summed E-state index contributed by atoms with van der Waals surface area (Å²) < 4.78 is 0. The van der Waals surface area contributed by atoms with E-state index < -0.39 is 10.8 Å². The summed E-state index contributed by atoms with van der Waals surface area (Å²) in [7, 11) is 0. The average molecular weight is 372 g/mol. The fourth-order valence-electron chi connectivity index (χ4n) is 2.87. The zero-order valence-corrected chi connectivity index (χ0v) is 15.3. The Morgan fingerprint density at radius 2 is 1.75 bits per heavy atom. The molecule has 0 fully saturated rings. The Bertz CT molecular complexity index is 1100. The average Bonchev–Trinajstić information content (AvgIpc) is 2.71. The molecule has 2 aromatic carbocycles. The fourth-order valence-corrected chi connectivity index (χ4v) is 2.87. The third-order valence-electron chi connectivity index (χ3n) is 4.43. The Morgan fingerprint density at radius 3 is 2.32 bits per heavy atom. The van der Waals surface area contributed by atoms with Crippen molar-refractivity contribution in [3.05, 3.63) is 87.1 Å². The number of nitrogens with one attached hydrogen (secondary N) is 1. The van der Waals surface area contributed by atoms with Crippen molar-refractivity contribution in [2.75, 3.05) is 5.32 Å². The summed E-state index contributed by atoms with van der Waals surface area (Å²) in [5, 5.41) is 23.2. The van der Waals surface area contributed by atoms with E-state index in [0.717, 1.165) is 16.7 Å². The number of anilines is 1. The molecule has 0 unspecified atom stereocenters. The van der Waals surface area contributed by atoms with Crippen LogP contribution in [-0.2, 0) is 0 Å². The number of nitro benzene ring substituents is 1. The number of benzene rings is 2. The maximum atomic E-state index is 12.6. The van der Waals surface area contributed by atoms with Crippen LogP contribution in [0.4, 0.5) is 11.5 Å². The van der Waals surface area contributed by atoms with E-state index in [4.69, 9.17) is 0 Å². The van der Waals surface area contributed by atoms with Crippen LogP contribution < -0.4 is 5.32 Å². The molecule has 1 amide bonds. The predicted molar refractivity (Wildman–Crippen MR) is 105 cm³/mol. The highest BCUT2D eigenvalue weighted by molar-refractivity contribution is 6.05. The highest BCUT2D eigenvalue weighted by Crippen LogP contribution is 2.32.